The van der Waals surface area contributed by atoms with Gasteiger partial charge >= 0.3 is 0 Å². The van der Waals surface area contributed by atoms with Crippen LogP contribution in [0.4, 0.5) is 23.2 Å². The second-order valence-electron chi connectivity index (χ2n) is 4.44. The molecule has 0 bridgehead atoms. The average Bonchev–Trinajstić information content (AvgIpc) is 2.51. The van der Waals surface area contributed by atoms with E-state index < -0.39 is 29.2 Å². The Bertz CT molecular complexity index is 691. The molecule has 2 rings (SSSR count). The summed E-state index contributed by atoms with van der Waals surface area (Å²) in [5.74, 6) is -5.33. The SMILES string of the molecule is O=C(CNc1ccc(F)c(F)c1F)NCc1ccccc1F. The molecule has 0 radical (unpaired) electrons. The van der Waals surface area contributed by atoms with Crippen molar-refractivity contribution in [1.29, 1.82) is 0 Å². The summed E-state index contributed by atoms with van der Waals surface area (Å²) in [5, 5.41) is 4.77. The Kier molecular flexibility index (Phi) is 4.98. The topological polar surface area (TPSA) is 41.1 Å². The van der Waals surface area contributed by atoms with Crippen molar-refractivity contribution in [1.82, 2.24) is 5.32 Å². The first kappa shape index (κ1) is 15.8. The minimum atomic E-state index is -1.61. The lowest BCUT2D eigenvalue weighted by Gasteiger charge is -2.09. The molecule has 0 saturated carbocycles. The molecule has 116 valence electrons. The summed E-state index contributed by atoms with van der Waals surface area (Å²) in [6, 6.07) is 7.65. The lowest BCUT2D eigenvalue weighted by molar-refractivity contribution is -0.119. The van der Waals surface area contributed by atoms with Crippen molar-refractivity contribution in [2.75, 3.05) is 11.9 Å². The van der Waals surface area contributed by atoms with Crippen molar-refractivity contribution in [3.63, 3.8) is 0 Å². The molecule has 0 aliphatic rings. The van der Waals surface area contributed by atoms with E-state index in [-0.39, 0.29) is 18.8 Å². The Hall–Kier alpha value is -2.57. The number of nitrogens with one attached hydrogen (secondary N) is 2. The second-order valence-corrected chi connectivity index (χ2v) is 4.44. The third kappa shape index (κ3) is 3.75. The third-order valence-corrected chi connectivity index (χ3v) is 2.91. The zero-order valence-electron chi connectivity index (χ0n) is 11.3. The van der Waals surface area contributed by atoms with Crippen LogP contribution in [0.25, 0.3) is 0 Å². The molecule has 2 N–H and O–H groups in total. The number of hydrogen-bond acceptors (Lipinski definition) is 2. The van der Waals surface area contributed by atoms with Crippen LogP contribution in [0.3, 0.4) is 0 Å². The summed E-state index contributed by atoms with van der Waals surface area (Å²) in [6.45, 7) is -0.399. The molecule has 22 heavy (non-hydrogen) atoms. The number of carbonyl (C=O) groups excluding carboxylic acids is 1. The molecule has 0 unspecified atom stereocenters. The van der Waals surface area contributed by atoms with E-state index in [9.17, 15) is 22.4 Å². The number of amides is 1. The monoisotopic (exact) mass is 312 g/mol. The standard InChI is InChI=1S/C15H12F4N2O/c16-10-4-2-1-3-9(10)7-21-13(22)8-20-12-6-5-11(17)14(18)15(12)19/h1-6,20H,7-8H2,(H,21,22). The first-order valence-electron chi connectivity index (χ1n) is 6.36. The zero-order valence-corrected chi connectivity index (χ0v) is 11.3. The summed E-state index contributed by atoms with van der Waals surface area (Å²) >= 11 is 0. The number of halogens is 4. The summed E-state index contributed by atoms with van der Waals surface area (Å²) in [6.07, 6.45) is 0. The van der Waals surface area contributed by atoms with Gasteiger partial charge in [-0.3, -0.25) is 4.79 Å². The first-order chi connectivity index (χ1) is 10.5. The van der Waals surface area contributed by atoms with Crippen molar-refractivity contribution in [3.05, 3.63) is 65.2 Å². The molecule has 0 atom stereocenters. The highest BCUT2D eigenvalue weighted by Crippen LogP contribution is 2.19. The molecule has 1 amide bonds. The van der Waals surface area contributed by atoms with Gasteiger partial charge in [0, 0.05) is 12.1 Å². The maximum Gasteiger partial charge on any atom is 0.239 e. The van der Waals surface area contributed by atoms with E-state index in [1.807, 2.05) is 0 Å². The maximum absolute atomic E-state index is 13.4. The van der Waals surface area contributed by atoms with Crippen LogP contribution >= 0.6 is 0 Å². The van der Waals surface area contributed by atoms with E-state index >= 15 is 0 Å². The zero-order chi connectivity index (χ0) is 16.1. The highest BCUT2D eigenvalue weighted by Gasteiger charge is 2.13. The van der Waals surface area contributed by atoms with Crippen LogP contribution in [0.5, 0.6) is 0 Å². The summed E-state index contributed by atoms with van der Waals surface area (Å²) in [7, 11) is 0. The Labute approximate surface area is 124 Å². The van der Waals surface area contributed by atoms with Gasteiger partial charge in [0.15, 0.2) is 17.5 Å². The van der Waals surface area contributed by atoms with Gasteiger partial charge < -0.3 is 10.6 Å². The van der Waals surface area contributed by atoms with E-state index in [2.05, 4.69) is 10.6 Å². The predicted octanol–water partition coefficient (Wildman–Crippen LogP) is 2.97. The van der Waals surface area contributed by atoms with E-state index in [1.165, 1.54) is 18.2 Å². The van der Waals surface area contributed by atoms with Gasteiger partial charge in [-0.1, -0.05) is 18.2 Å². The fourth-order valence-corrected chi connectivity index (χ4v) is 1.74. The van der Waals surface area contributed by atoms with Gasteiger partial charge in [-0.25, -0.2) is 17.6 Å². The summed E-state index contributed by atoms with van der Waals surface area (Å²) < 4.78 is 52.4. The fraction of sp³-hybridized carbons (Fsp3) is 0.133. The van der Waals surface area contributed by atoms with Crippen LogP contribution in [0.1, 0.15) is 5.56 Å². The van der Waals surface area contributed by atoms with Gasteiger partial charge in [-0.2, -0.15) is 0 Å². The molecule has 2 aromatic carbocycles. The van der Waals surface area contributed by atoms with Gasteiger partial charge in [0.2, 0.25) is 5.91 Å². The lowest BCUT2D eigenvalue weighted by Crippen LogP contribution is -2.30. The minimum absolute atomic E-state index is 0.0343. The molecule has 0 aliphatic carbocycles. The maximum atomic E-state index is 13.4. The average molecular weight is 312 g/mol. The van der Waals surface area contributed by atoms with E-state index in [0.717, 1.165) is 12.1 Å². The minimum Gasteiger partial charge on any atom is -0.374 e. The van der Waals surface area contributed by atoms with Gasteiger partial charge in [-0.15, -0.1) is 0 Å². The van der Waals surface area contributed by atoms with Crippen molar-refractivity contribution in [2.45, 2.75) is 6.54 Å². The normalized spacial score (nSPS) is 10.4. The van der Waals surface area contributed by atoms with Crippen molar-refractivity contribution in [3.8, 4) is 0 Å². The van der Waals surface area contributed by atoms with Crippen molar-refractivity contribution < 1.29 is 22.4 Å². The highest BCUT2D eigenvalue weighted by atomic mass is 19.2. The number of benzene rings is 2. The molecule has 7 heteroatoms. The van der Waals surface area contributed by atoms with E-state index in [0.29, 0.717) is 5.56 Å². The quantitative estimate of drug-likeness (QED) is 0.658. The molecule has 0 saturated heterocycles. The van der Waals surface area contributed by atoms with Crippen LogP contribution in [-0.2, 0) is 11.3 Å². The van der Waals surface area contributed by atoms with Crippen LogP contribution < -0.4 is 10.6 Å². The largest absolute Gasteiger partial charge is 0.374 e. The smallest absolute Gasteiger partial charge is 0.239 e. The third-order valence-electron chi connectivity index (χ3n) is 2.91. The molecular formula is C15H12F4N2O. The molecule has 0 spiro atoms. The predicted molar refractivity (Wildman–Crippen MR) is 73.1 cm³/mol. The fourth-order valence-electron chi connectivity index (χ4n) is 1.74. The number of hydrogen-bond donors (Lipinski definition) is 2. The number of carbonyl (C=O) groups is 1. The van der Waals surface area contributed by atoms with Crippen LogP contribution in [0.15, 0.2) is 36.4 Å². The van der Waals surface area contributed by atoms with Gasteiger partial charge in [-0.05, 0) is 18.2 Å². The highest BCUT2D eigenvalue weighted by molar-refractivity contribution is 5.80. The van der Waals surface area contributed by atoms with Crippen LogP contribution in [0.2, 0.25) is 0 Å². The van der Waals surface area contributed by atoms with E-state index in [4.69, 9.17) is 0 Å². The molecule has 0 aliphatic heterocycles. The molecule has 0 aromatic heterocycles. The second kappa shape index (κ2) is 6.93. The first-order valence-corrected chi connectivity index (χ1v) is 6.36. The Morgan fingerprint density at radius 3 is 2.36 bits per heavy atom. The molecule has 0 heterocycles. The van der Waals surface area contributed by atoms with Crippen molar-refractivity contribution >= 4 is 11.6 Å². The number of anilines is 1. The van der Waals surface area contributed by atoms with Gasteiger partial charge in [0.05, 0.1) is 12.2 Å². The van der Waals surface area contributed by atoms with E-state index in [1.54, 1.807) is 6.07 Å². The summed E-state index contributed by atoms with van der Waals surface area (Å²) in [4.78, 5) is 11.6. The van der Waals surface area contributed by atoms with Crippen LogP contribution in [-0.4, -0.2) is 12.5 Å². The molecule has 0 fully saturated rings. The molecule has 2 aromatic rings. The van der Waals surface area contributed by atoms with Gasteiger partial charge in [0.25, 0.3) is 0 Å². The van der Waals surface area contributed by atoms with Crippen LogP contribution in [0, 0.1) is 23.3 Å². The Morgan fingerprint density at radius 1 is 0.909 bits per heavy atom. The van der Waals surface area contributed by atoms with Crippen molar-refractivity contribution in [2.24, 2.45) is 0 Å². The lowest BCUT2D eigenvalue weighted by atomic mass is 10.2. The molecular weight excluding hydrogens is 300 g/mol. The van der Waals surface area contributed by atoms with Gasteiger partial charge in [0.1, 0.15) is 5.82 Å². The number of rotatable bonds is 5. The molecule has 3 nitrogen and oxygen atoms in total. The summed E-state index contributed by atoms with van der Waals surface area (Å²) in [5.41, 5.74) is -0.0326. The Balaban J connectivity index is 1.88. The Morgan fingerprint density at radius 2 is 1.64 bits per heavy atom.